The van der Waals surface area contributed by atoms with E-state index in [9.17, 15) is 8.42 Å². The van der Waals surface area contributed by atoms with Crippen LogP contribution in [-0.2, 0) is 10.0 Å². The standard InChI is InChI=1S/C21H23ClFN5O2S2/c1-2-12-32(29,30)28-15-5-3-4-14(17(15)23)18-19(16-8-11-25-21(22)26-16)31-20(27-18)13-6-9-24-10-7-13/h3-5,8,11,13,24,28H,2,6-7,9-10,12H2,1H3. The highest BCUT2D eigenvalue weighted by Crippen LogP contribution is 2.42. The van der Waals surface area contributed by atoms with Gasteiger partial charge in [-0.05, 0) is 62.2 Å². The van der Waals surface area contributed by atoms with Crippen molar-refractivity contribution in [2.75, 3.05) is 23.6 Å². The molecule has 170 valence electrons. The molecule has 1 aromatic carbocycles. The highest BCUT2D eigenvalue weighted by atomic mass is 35.5. The number of benzene rings is 1. The van der Waals surface area contributed by atoms with E-state index in [2.05, 4.69) is 20.0 Å². The van der Waals surface area contributed by atoms with Gasteiger partial charge in [0.2, 0.25) is 15.3 Å². The maximum atomic E-state index is 15.5. The van der Waals surface area contributed by atoms with Crippen molar-refractivity contribution < 1.29 is 12.8 Å². The molecule has 1 saturated heterocycles. The number of sulfonamides is 1. The largest absolute Gasteiger partial charge is 0.317 e. The van der Waals surface area contributed by atoms with Gasteiger partial charge in [-0.2, -0.15) is 0 Å². The van der Waals surface area contributed by atoms with E-state index in [-0.39, 0.29) is 28.2 Å². The maximum Gasteiger partial charge on any atom is 0.232 e. The maximum absolute atomic E-state index is 15.5. The third-order valence-corrected chi connectivity index (χ3v) is 8.08. The molecule has 0 atom stereocenters. The lowest BCUT2D eigenvalue weighted by atomic mass is 9.99. The Morgan fingerprint density at radius 1 is 1.25 bits per heavy atom. The van der Waals surface area contributed by atoms with Gasteiger partial charge in [-0.15, -0.1) is 11.3 Å². The van der Waals surface area contributed by atoms with E-state index in [0.29, 0.717) is 22.7 Å². The number of hydrogen-bond donors (Lipinski definition) is 2. The number of halogens is 2. The smallest absolute Gasteiger partial charge is 0.232 e. The van der Waals surface area contributed by atoms with E-state index in [1.165, 1.54) is 17.4 Å². The lowest BCUT2D eigenvalue weighted by Crippen LogP contribution is -2.26. The Balaban J connectivity index is 1.82. The van der Waals surface area contributed by atoms with Gasteiger partial charge in [0.1, 0.15) is 0 Å². The zero-order valence-corrected chi connectivity index (χ0v) is 19.8. The van der Waals surface area contributed by atoms with Gasteiger partial charge in [-0.25, -0.2) is 27.8 Å². The molecule has 1 aliphatic heterocycles. The summed E-state index contributed by atoms with van der Waals surface area (Å²) in [6.45, 7) is 3.55. The third kappa shape index (κ3) is 5.09. The van der Waals surface area contributed by atoms with Crippen LogP contribution < -0.4 is 10.0 Å². The second kappa shape index (κ2) is 9.78. The van der Waals surface area contributed by atoms with E-state index in [4.69, 9.17) is 16.6 Å². The number of piperidine rings is 1. The predicted molar refractivity (Wildman–Crippen MR) is 126 cm³/mol. The fourth-order valence-electron chi connectivity index (χ4n) is 3.68. The topological polar surface area (TPSA) is 96.9 Å². The van der Waals surface area contributed by atoms with Crippen LogP contribution in [0.15, 0.2) is 30.5 Å². The Morgan fingerprint density at radius 3 is 2.75 bits per heavy atom. The van der Waals surface area contributed by atoms with Crippen molar-refractivity contribution in [3.05, 3.63) is 46.6 Å². The van der Waals surface area contributed by atoms with Crippen LogP contribution in [0.25, 0.3) is 21.8 Å². The zero-order chi connectivity index (χ0) is 22.7. The lowest BCUT2D eigenvalue weighted by molar-refractivity contribution is 0.459. The Bertz CT molecular complexity index is 1210. The molecule has 0 spiro atoms. The van der Waals surface area contributed by atoms with Gasteiger partial charge in [0.15, 0.2) is 5.82 Å². The molecule has 3 aromatic rings. The van der Waals surface area contributed by atoms with Crippen molar-refractivity contribution in [2.24, 2.45) is 0 Å². The molecule has 7 nitrogen and oxygen atoms in total. The molecule has 0 aliphatic carbocycles. The van der Waals surface area contributed by atoms with E-state index < -0.39 is 15.8 Å². The Kier molecular flexibility index (Phi) is 7.04. The summed E-state index contributed by atoms with van der Waals surface area (Å²) < 4.78 is 42.3. The lowest BCUT2D eigenvalue weighted by Gasteiger charge is -2.20. The van der Waals surface area contributed by atoms with E-state index >= 15 is 4.39 Å². The number of aromatic nitrogens is 3. The Morgan fingerprint density at radius 2 is 2.03 bits per heavy atom. The molecule has 11 heteroatoms. The molecule has 0 bridgehead atoms. The molecule has 2 aromatic heterocycles. The summed E-state index contributed by atoms with van der Waals surface area (Å²) in [5, 5.41) is 4.33. The molecule has 2 N–H and O–H groups in total. The van der Waals surface area contributed by atoms with Gasteiger partial charge in [-0.3, -0.25) is 4.72 Å². The van der Waals surface area contributed by atoms with Crippen LogP contribution in [0.5, 0.6) is 0 Å². The first kappa shape index (κ1) is 23.0. The summed E-state index contributed by atoms with van der Waals surface area (Å²) in [5.41, 5.74) is 1.09. The summed E-state index contributed by atoms with van der Waals surface area (Å²) in [6, 6.07) is 6.33. The third-order valence-electron chi connectivity index (χ3n) is 5.18. The molecule has 1 fully saturated rings. The minimum Gasteiger partial charge on any atom is -0.317 e. The first-order valence-electron chi connectivity index (χ1n) is 10.4. The van der Waals surface area contributed by atoms with Crippen LogP contribution in [0.2, 0.25) is 5.28 Å². The highest BCUT2D eigenvalue weighted by Gasteiger charge is 2.26. The van der Waals surface area contributed by atoms with Crippen molar-refractivity contribution >= 4 is 38.6 Å². The quantitative estimate of drug-likeness (QED) is 0.462. The Hall–Kier alpha value is -2.14. The molecule has 3 heterocycles. The van der Waals surface area contributed by atoms with Crippen LogP contribution in [0.4, 0.5) is 10.1 Å². The fourth-order valence-corrected chi connectivity index (χ4v) is 6.18. The average molecular weight is 496 g/mol. The summed E-state index contributed by atoms with van der Waals surface area (Å²) in [4.78, 5) is 13.7. The molecule has 0 saturated carbocycles. The summed E-state index contributed by atoms with van der Waals surface area (Å²) in [6.07, 6.45) is 3.86. The van der Waals surface area contributed by atoms with Crippen LogP contribution in [0.1, 0.15) is 37.1 Å². The van der Waals surface area contributed by atoms with Gasteiger partial charge in [-0.1, -0.05) is 13.0 Å². The van der Waals surface area contributed by atoms with Crippen LogP contribution >= 0.6 is 22.9 Å². The average Bonchev–Trinajstić information content (AvgIpc) is 3.21. The van der Waals surface area contributed by atoms with Gasteiger partial charge >= 0.3 is 0 Å². The van der Waals surface area contributed by atoms with Crippen molar-refractivity contribution in [1.29, 1.82) is 0 Å². The van der Waals surface area contributed by atoms with Crippen molar-refractivity contribution in [3.8, 4) is 21.8 Å². The van der Waals surface area contributed by atoms with Gasteiger partial charge in [0.25, 0.3) is 0 Å². The summed E-state index contributed by atoms with van der Waals surface area (Å²) >= 11 is 7.48. The van der Waals surface area contributed by atoms with Crippen molar-refractivity contribution in [3.63, 3.8) is 0 Å². The molecule has 0 amide bonds. The van der Waals surface area contributed by atoms with Crippen LogP contribution in [-0.4, -0.2) is 42.2 Å². The second-order valence-corrected chi connectivity index (χ2v) is 10.8. The zero-order valence-electron chi connectivity index (χ0n) is 17.4. The van der Waals surface area contributed by atoms with Crippen LogP contribution in [0, 0.1) is 5.82 Å². The molecule has 4 rings (SSSR count). The molecule has 0 radical (unpaired) electrons. The number of anilines is 1. The van der Waals surface area contributed by atoms with Gasteiger partial charge in [0.05, 0.1) is 32.7 Å². The molecular formula is C21H23ClFN5O2S2. The van der Waals surface area contributed by atoms with E-state index in [0.717, 1.165) is 30.9 Å². The monoisotopic (exact) mass is 495 g/mol. The highest BCUT2D eigenvalue weighted by molar-refractivity contribution is 7.92. The van der Waals surface area contributed by atoms with E-state index in [1.807, 2.05) is 0 Å². The first-order valence-corrected chi connectivity index (χ1v) is 13.2. The number of hydrogen-bond acceptors (Lipinski definition) is 7. The fraction of sp³-hybridized carbons (Fsp3) is 0.381. The van der Waals surface area contributed by atoms with Gasteiger partial charge in [0, 0.05) is 17.7 Å². The molecule has 32 heavy (non-hydrogen) atoms. The second-order valence-electron chi connectivity index (χ2n) is 7.55. The summed E-state index contributed by atoms with van der Waals surface area (Å²) in [5.74, 6) is -0.492. The molecule has 0 unspecified atom stereocenters. The Labute approximate surface area is 195 Å². The number of nitrogens with one attached hydrogen (secondary N) is 2. The SMILES string of the molecule is CCCS(=O)(=O)Nc1cccc(-c2nc(C3CCNCC3)sc2-c2ccnc(Cl)n2)c1F. The molecular weight excluding hydrogens is 473 g/mol. The molecule has 1 aliphatic rings. The van der Waals surface area contributed by atoms with Crippen LogP contribution in [0.3, 0.4) is 0 Å². The number of rotatable bonds is 7. The predicted octanol–water partition coefficient (Wildman–Crippen LogP) is 4.68. The van der Waals surface area contributed by atoms with Crippen molar-refractivity contribution in [1.82, 2.24) is 20.3 Å². The first-order chi connectivity index (χ1) is 15.4. The normalized spacial score (nSPS) is 15.1. The number of thiazole rings is 1. The van der Waals surface area contributed by atoms with E-state index in [1.54, 1.807) is 31.3 Å². The minimum absolute atomic E-state index is 0.0854. The minimum atomic E-state index is -3.64. The summed E-state index contributed by atoms with van der Waals surface area (Å²) in [7, 11) is -3.64. The number of nitrogens with zero attached hydrogens (tertiary/aromatic N) is 3. The van der Waals surface area contributed by atoms with Gasteiger partial charge < -0.3 is 5.32 Å². The van der Waals surface area contributed by atoms with Crippen molar-refractivity contribution in [2.45, 2.75) is 32.1 Å².